The lowest BCUT2D eigenvalue weighted by Gasteiger charge is -2.45. The lowest BCUT2D eigenvalue weighted by atomic mass is 9.70. The maximum atomic E-state index is 13.6. The molecule has 3 saturated heterocycles. The number of nitrogens with zero attached hydrogens (tertiary/aromatic N) is 4. The Morgan fingerprint density at radius 1 is 0.930 bits per heavy atom. The van der Waals surface area contributed by atoms with Gasteiger partial charge in [-0.05, 0) is 101 Å². The number of para-hydroxylation sites is 2. The summed E-state index contributed by atoms with van der Waals surface area (Å²) < 4.78 is 7.80. The van der Waals surface area contributed by atoms with Crippen LogP contribution in [0.15, 0.2) is 69.9 Å². The molecular formula is C36H42N4O3. The Bertz CT molecular complexity index is 1660. The third-order valence-electron chi connectivity index (χ3n) is 10.8. The normalized spacial score (nSPS) is 23.6. The highest BCUT2D eigenvalue weighted by atomic mass is 16.4. The van der Waals surface area contributed by atoms with Crippen LogP contribution in [0.3, 0.4) is 0 Å². The van der Waals surface area contributed by atoms with Crippen LogP contribution in [-0.4, -0.2) is 57.0 Å². The first kappa shape index (κ1) is 28.1. The molecule has 0 aliphatic carbocycles. The summed E-state index contributed by atoms with van der Waals surface area (Å²) in [5.74, 6) is 1.52. The quantitative estimate of drug-likeness (QED) is 0.267. The van der Waals surface area contributed by atoms with E-state index in [0.29, 0.717) is 48.1 Å². The Morgan fingerprint density at radius 3 is 2.30 bits per heavy atom. The van der Waals surface area contributed by atoms with E-state index in [0.717, 1.165) is 37.1 Å². The van der Waals surface area contributed by atoms with Crippen molar-refractivity contribution in [2.75, 3.05) is 19.6 Å². The minimum atomic E-state index is -0.403. The third kappa shape index (κ3) is 5.01. The Hall–Kier alpha value is -3.71. The number of hydrogen-bond donors (Lipinski definition) is 0. The summed E-state index contributed by atoms with van der Waals surface area (Å²) in [7, 11) is 0. The van der Waals surface area contributed by atoms with E-state index in [4.69, 9.17) is 9.40 Å². The van der Waals surface area contributed by atoms with Crippen LogP contribution in [0.5, 0.6) is 0 Å². The van der Waals surface area contributed by atoms with E-state index in [2.05, 4.69) is 71.0 Å². The number of aryl methyl sites for hydroxylation is 3. The molecule has 43 heavy (non-hydrogen) atoms. The highest BCUT2D eigenvalue weighted by Gasteiger charge is 2.44. The number of imidazole rings is 1. The molecule has 7 nitrogen and oxygen atoms in total. The molecule has 2 aromatic carbocycles. The molecule has 5 heterocycles. The number of carbonyl (C=O) groups excluding carboxylic acids is 1. The van der Waals surface area contributed by atoms with Crippen LogP contribution >= 0.6 is 0 Å². The number of piperidine rings is 2. The van der Waals surface area contributed by atoms with Crippen molar-refractivity contribution >= 4 is 16.9 Å². The van der Waals surface area contributed by atoms with Gasteiger partial charge in [0.25, 0.3) is 5.91 Å². The summed E-state index contributed by atoms with van der Waals surface area (Å²) in [5.41, 5.74) is 4.63. The van der Waals surface area contributed by atoms with E-state index >= 15 is 0 Å². The second-order valence-corrected chi connectivity index (χ2v) is 13.1. The molecule has 224 valence electrons. The predicted molar refractivity (Wildman–Crippen MR) is 169 cm³/mol. The molecule has 0 radical (unpaired) electrons. The Kier molecular flexibility index (Phi) is 7.24. The fourth-order valence-corrected chi connectivity index (χ4v) is 8.64. The van der Waals surface area contributed by atoms with Crippen LogP contribution in [0.1, 0.15) is 84.1 Å². The van der Waals surface area contributed by atoms with E-state index in [1.165, 1.54) is 42.8 Å². The second kappa shape index (κ2) is 11.1. The SMILES string of the molecule is Cc1cc(=O)oc(C)c1C(=O)N1CCC(CCN2[C@@H]3CC[C@H]2CC(n2c(C)nc4ccccc42)C3)(c2ccccc2)CC1. The van der Waals surface area contributed by atoms with E-state index in [-0.39, 0.29) is 11.3 Å². The van der Waals surface area contributed by atoms with Crippen molar-refractivity contribution in [3.05, 3.63) is 99.4 Å². The van der Waals surface area contributed by atoms with Crippen LogP contribution in [0.25, 0.3) is 11.0 Å². The molecule has 7 heteroatoms. The number of rotatable bonds is 6. The number of fused-ring (bicyclic) bond motifs is 3. The van der Waals surface area contributed by atoms with Gasteiger partial charge in [0.1, 0.15) is 11.6 Å². The van der Waals surface area contributed by atoms with E-state index in [1.54, 1.807) is 6.92 Å². The van der Waals surface area contributed by atoms with Gasteiger partial charge >= 0.3 is 5.63 Å². The number of amides is 1. The van der Waals surface area contributed by atoms with Crippen LogP contribution in [0.4, 0.5) is 0 Å². The number of benzene rings is 2. The van der Waals surface area contributed by atoms with Crippen LogP contribution in [0.2, 0.25) is 0 Å². The van der Waals surface area contributed by atoms with Crippen LogP contribution in [-0.2, 0) is 5.41 Å². The summed E-state index contributed by atoms with van der Waals surface area (Å²) in [6.45, 7) is 8.19. The largest absolute Gasteiger partial charge is 0.427 e. The average molecular weight is 579 g/mol. The monoisotopic (exact) mass is 578 g/mol. The summed E-state index contributed by atoms with van der Waals surface area (Å²) in [6.07, 6.45) is 7.89. The lowest BCUT2D eigenvalue weighted by molar-refractivity contribution is 0.0603. The van der Waals surface area contributed by atoms with Crippen molar-refractivity contribution in [2.45, 2.75) is 89.3 Å². The Labute approximate surface area is 253 Å². The molecule has 3 aliphatic rings. The average Bonchev–Trinajstić information content (AvgIpc) is 3.46. The van der Waals surface area contributed by atoms with Gasteiger partial charge in [0, 0.05) is 37.3 Å². The molecule has 1 unspecified atom stereocenters. The van der Waals surface area contributed by atoms with Crippen molar-refractivity contribution in [3.8, 4) is 0 Å². The van der Waals surface area contributed by atoms with E-state index in [9.17, 15) is 9.59 Å². The van der Waals surface area contributed by atoms with Crippen LogP contribution < -0.4 is 5.63 Å². The zero-order chi connectivity index (χ0) is 29.7. The highest BCUT2D eigenvalue weighted by Crippen LogP contribution is 2.45. The van der Waals surface area contributed by atoms with E-state index < -0.39 is 5.63 Å². The van der Waals surface area contributed by atoms with Gasteiger partial charge in [-0.1, -0.05) is 42.5 Å². The van der Waals surface area contributed by atoms with Gasteiger partial charge in [-0.15, -0.1) is 0 Å². The zero-order valence-electron chi connectivity index (χ0n) is 25.6. The van der Waals surface area contributed by atoms with Gasteiger partial charge in [-0.2, -0.15) is 0 Å². The Balaban J connectivity index is 1.07. The number of aromatic nitrogens is 2. The summed E-state index contributed by atoms with van der Waals surface area (Å²) >= 11 is 0. The van der Waals surface area contributed by atoms with Gasteiger partial charge in [0.15, 0.2) is 0 Å². The molecule has 2 aromatic heterocycles. The third-order valence-corrected chi connectivity index (χ3v) is 10.8. The number of carbonyl (C=O) groups is 1. The molecule has 0 spiro atoms. The fourth-order valence-electron chi connectivity index (χ4n) is 8.64. The second-order valence-electron chi connectivity index (χ2n) is 13.1. The van der Waals surface area contributed by atoms with Gasteiger partial charge < -0.3 is 13.9 Å². The molecule has 3 fully saturated rings. The van der Waals surface area contributed by atoms with Crippen molar-refractivity contribution < 1.29 is 9.21 Å². The predicted octanol–water partition coefficient (Wildman–Crippen LogP) is 6.35. The van der Waals surface area contributed by atoms with Crippen molar-refractivity contribution in [1.82, 2.24) is 19.4 Å². The van der Waals surface area contributed by atoms with Crippen LogP contribution in [0, 0.1) is 20.8 Å². The molecule has 2 bridgehead atoms. The van der Waals surface area contributed by atoms with Gasteiger partial charge in [0.05, 0.1) is 16.6 Å². The molecule has 4 aromatic rings. The standard InChI is InChI=1S/C36H42N4O3/c1-24-21-33(41)43-25(2)34(24)35(42)38-18-15-36(16-19-38,27-9-5-4-6-10-27)17-20-39-28-13-14-29(39)23-30(22-28)40-26(3)37-31-11-7-8-12-32(31)40/h4-12,21,28-30H,13-20,22-23H2,1-3H3/t28-,29+,30?. The fraction of sp³-hybridized carbons (Fsp3) is 0.472. The molecule has 0 saturated carbocycles. The molecule has 3 atom stereocenters. The smallest absolute Gasteiger partial charge is 0.336 e. The minimum absolute atomic E-state index is 0.0251. The molecule has 0 N–H and O–H groups in total. The Morgan fingerprint density at radius 2 is 1.60 bits per heavy atom. The maximum Gasteiger partial charge on any atom is 0.336 e. The number of likely N-dealkylation sites (tertiary alicyclic amines) is 1. The zero-order valence-corrected chi connectivity index (χ0v) is 25.6. The molecule has 1 amide bonds. The summed E-state index contributed by atoms with van der Waals surface area (Å²) in [6, 6.07) is 22.7. The summed E-state index contributed by atoms with van der Waals surface area (Å²) in [5, 5.41) is 0. The molecule has 3 aliphatic heterocycles. The lowest BCUT2D eigenvalue weighted by Crippen LogP contribution is -2.49. The van der Waals surface area contributed by atoms with Gasteiger partial charge in [0.2, 0.25) is 0 Å². The van der Waals surface area contributed by atoms with Crippen molar-refractivity contribution in [2.24, 2.45) is 0 Å². The van der Waals surface area contributed by atoms with Crippen molar-refractivity contribution in [3.63, 3.8) is 0 Å². The van der Waals surface area contributed by atoms with Gasteiger partial charge in [-0.25, -0.2) is 9.78 Å². The number of hydrogen-bond acceptors (Lipinski definition) is 5. The highest BCUT2D eigenvalue weighted by molar-refractivity contribution is 5.96. The summed E-state index contributed by atoms with van der Waals surface area (Å²) in [4.78, 5) is 35.0. The first-order chi connectivity index (χ1) is 20.8. The first-order valence-electron chi connectivity index (χ1n) is 16.0. The first-order valence-corrected chi connectivity index (χ1v) is 16.0. The topological polar surface area (TPSA) is 71.6 Å². The van der Waals surface area contributed by atoms with E-state index in [1.807, 2.05) is 11.8 Å². The van der Waals surface area contributed by atoms with Gasteiger partial charge in [-0.3, -0.25) is 9.69 Å². The minimum Gasteiger partial charge on any atom is -0.427 e. The maximum absolute atomic E-state index is 13.6. The molecular weight excluding hydrogens is 536 g/mol. The molecule has 7 rings (SSSR count). The van der Waals surface area contributed by atoms with Crippen molar-refractivity contribution in [1.29, 1.82) is 0 Å².